The predicted molar refractivity (Wildman–Crippen MR) is 71.0 cm³/mol. The number of carbonyl (C=O) groups is 1. The molecule has 1 aromatic rings. The van der Waals surface area contributed by atoms with Crippen molar-refractivity contribution in [2.45, 2.75) is 19.8 Å². The maximum absolute atomic E-state index is 11.9. The first-order chi connectivity index (χ1) is 8.33. The smallest absolute Gasteiger partial charge is 0.163 e. The number of ketones is 1. The van der Waals surface area contributed by atoms with Crippen molar-refractivity contribution in [2.24, 2.45) is 0 Å². The molecule has 0 atom stereocenters. The van der Waals surface area contributed by atoms with Crippen LogP contribution < -0.4 is 4.74 Å². The van der Waals surface area contributed by atoms with Gasteiger partial charge in [0, 0.05) is 18.2 Å². The summed E-state index contributed by atoms with van der Waals surface area (Å²) in [5.41, 5.74) is 1.52. The van der Waals surface area contributed by atoms with Gasteiger partial charge in [-0.05, 0) is 25.0 Å². The van der Waals surface area contributed by atoms with Gasteiger partial charge in [0.05, 0.1) is 12.9 Å². The van der Waals surface area contributed by atoms with E-state index in [-0.39, 0.29) is 18.0 Å². The zero-order valence-electron chi connectivity index (χ0n) is 10.9. The highest BCUT2D eigenvalue weighted by atomic mass is 32.2. The average molecular weight is 270 g/mol. The van der Waals surface area contributed by atoms with Gasteiger partial charge in [0.25, 0.3) is 0 Å². The van der Waals surface area contributed by atoms with E-state index in [1.165, 1.54) is 6.26 Å². The molecule has 0 aromatic heterocycles. The van der Waals surface area contributed by atoms with E-state index in [0.717, 1.165) is 5.56 Å². The molecule has 0 radical (unpaired) electrons. The van der Waals surface area contributed by atoms with Crippen LogP contribution in [0.3, 0.4) is 0 Å². The Morgan fingerprint density at radius 3 is 2.56 bits per heavy atom. The second-order valence-electron chi connectivity index (χ2n) is 4.34. The number of methoxy groups -OCH3 is 1. The van der Waals surface area contributed by atoms with Crippen LogP contribution in [0.2, 0.25) is 0 Å². The summed E-state index contributed by atoms with van der Waals surface area (Å²) in [7, 11) is -1.44. The Morgan fingerprint density at radius 1 is 1.33 bits per heavy atom. The van der Waals surface area contributed by atoms with Gasteiger partial charge in [0.1, 0.15) is 15.6 Å². The van der Waals surface area contributed by atoms with Crippen LogP contribution in [-0.4, -0.2) is 33.3 Å². The largest absolute Gasteiger partial charge is 0.496 e. The summed E-state index contributed by atoms with van der Waals surface area (Å²) in [5, 5.41) is 0. The zero-order valence-corrected chi connectivity index (χ0v) is 11.7. The fourth-order valence-electron chi connectivity index (χ4n) is 1.63. The maximum Gasteiger partial charge on any atom is 0.163 e. The maximum atomic E-state index is 11.9. The molecule has 0 N–H and O–H groups in total. The summed E-state index contributed by atoms with van der Waals surface area (Å²) < 4.78 is 27.1. The van der Waals surface area contributed by atoms with Crippen molar-refractivity contribution in [3.05, 3.63) is 29.3 Å². The fraction of sp³-hybridized carbons (Fsp3) is 0.462. The molecule has 0 heterocycles. The van der Waals surface area contributed by atoms with Gasteiger partial charge in [-0.3, -0.25) is 4.79 Å². The van der Waals surface area contributed by atoms with E-state index >= 15 is 0 Å². The molecule has 0 aliphatic carbocycles. The molecule has 0 unspecified atom stereocenters. The molecule has 0 saturated heterocycles. The number of ether oxygens (including phenoxy) is 1. The van der Waals surface area contributed by atoms with Crippen molar-refractivity contribution in [3.63, 3.8) is 0 Å². The highest BCUT2D eigenvalue weighted by Gasteiger charge is 2.10. The van der Waals surface area contributed by atoms with E-state index in [1.54, 1.807) is 19.2 Å². The number of rotatable bonds is 6. The van der Waals surface area contributed by atoms with Crippen LogP contribution in [0.25, 0.3) is 0 Å². The van der Waals surface area contributed by atoms with Crippen LogP contribution >= 0.6 is 0 Å². The average Bonchev–Trinajstić information content (AvgIpc) is 2.27. The van der Waals surface area contributed by atoms with Crippen LogP contribution in [0.15, 0.2) is 18.2 Å². The summed E-state index contributed by atoms with van der Waals surface area (Å²) in [6.45, 7) is 1.90. The molecule has 1 aromatic carbocycles. The summed E-state index contributed by atoms with van der Waals surface area (Å²) >= 11 is 0. The minimum Gasteiger partial charge on any atom is -0.496 e. The van der Waals surface area contributed by atoms with Gasteiger partial charge in [-0.25, -0.2) is 8.42 Å². The fourth-order valence-corrected chi connectivity index (χ4v) is 2.30. The van der Waals surface area contributed by atoms with E-state index in [2.05, 4.69) is 0 Å². The minimum atomic E-state index is -3.00. The summed E-state index contributed by atoms with van der Waals surface area (Å²) in [4.78, 5) is 11.9. The second-order valence-corrected chi connectivity index (χ2v) is 6.60. The molecule has 0 bridgehead atoms. The Labute approximate surface area is 108 Å². The van der Waals surface area contributed by atoms with Gasteiger partial charge in [-0.1, -0.05) is 12.1 Å². The third-order valence-corrected chi connectivity index (χ3v) is 3.68. The lowest BCUT2D eigenvalue weighted by atomic mass is 10.0. The summed E-state index contributed by atoms with van der Waals surface area (Å²) in [5.74, 6) is 0.655. The Balaban J connectivity index is 2.67. The molecule has 18 heavy (non-hydrogen) atoms. The Kier molecular flexibility index (Phi) is 4.90. The van der Waals surface area contributed by atoms with Gasteiger partial charge < -0.3 is 4.74 Å². The number of sulfone groups is 1. The van der Waals surface area contributed by atoms with Crippen molar-refractivity contribution in [1.82, 2.24) is 0 Å². The third-order valence-electron chi connectivity index (χ3n) is 2.65. The first-order valence-electron chi connectivity index (χ1n) is 5.69. The van der Waals surface area contributed by atoms with Crippen LogP contribution in [0.1, 0.15) is 28.8 Å². The van der Waals surface area contributed by atoms with Gasteiger partial charge in [0.15, 0.2) is 5.78 Å². The first kappa shape index (κ1) is 14.7. The van der Waals surface area contributed by atoms with E-state index in [1.807, 2.05) is 13.0 Å². The third kappa shape index (κ3) is 4.49. The highest BCUT2D eigenvalue weighted by molar-refractivity contribution is 7.90. The molecule has 0 aliphatic heterocycles. The topological polar surface area (TPSA) is 60.4 Å². The summed E-state index contributed by atoms with van der Waals surface area (Å²) in [6, 6.07) is 5.25. The number of aryl methyl sites for hydroxylation is 1. The molecule has 1 rings (SSSR count). The van der Waals surface area contributed by atoms with Gasteiger partial charge in [-0.15, -0.1) is 0 Å². The number of carbonyl (C=O) groups excluding carboxylic acids is 1. The van der Waals surface area contributed by atoms with Gasteiger partial charge in [-0.2, -0.15) is 0 Å². The quantitative estimate of drug-likeness (QED) is 0.742. The molecule has 5 heteroatoms. The van der Waals surface area contributed by atoms with E-state index in [0.29, 0.717) is 17.7 Å². The lowest BCUT2D eigenvalue weighted by Gasteiger charge is -2.07. The first-order valence-corrected chi connectivity index (χ1v) is 7.75. The molecule has 0 amide bonds. The molecular weight excluding hydrogens is 252 g/mol. The minimum absolute atomic E-state index is 0.0434. The number of hydrogen-bond acceptors (Lipinski definition) is 4. The van der Waals surface area contributed by atoms with Crippen molar-refractivity contribution in [3.8, 4) is 5.75 Å². The molecule has 0 saturated carbocycles. The van der Waals surface area contributed by atoms with Crippen molar-refractivity contribution >= 4 is 15.6 Å². The normalized spacial score (nSPS) is 11.3. The summed E-state index contributed by atoms with van der Waals surface area (Å²) in [6.07, 6.45) is 1.76. The van der Waals surface area contributed by atoms with Crippen LogP contribution in [0, 0.1) is 6.92 Å². The molecule has 4 nitrogen and oxygen atoms in total. The molecule has 0 spiro atoms. The Bertz CT molecular complexity index is 532. The Morgan fingerprint density at radius 2 is 2.00 bits per heavy atom. The monoisotopic (exact) mass is 270 g/mol. The van der Waals surface area contributed by atoms with Crippen molar-refractivity contribution in [2.75, 3.05) is 19.1 Å². The number of hydrogen-bond donors (Lipinski definition) is 0. The van der Waals surface area contributed by atoms with Crippen molar-refractivity contribution < 1.29 is 17.9 Å². The number of benzene rings is 1. The van der Waals surface area contributed by atoms with Gasteiger partial charge >= 0.3 is 0 Å². The van der Waals surface area contributed by atoms with Crippen LogP contribution in [-0.2, 0) is 9.84 Å². The Hall–Kier alpha value is -1.36. The van der Waals surface area contributed by atoms with Gasteiger partial charge in [0.2, 0.25) is 0 Å². The zero-order chi connectivity index (χ0) is 13.8. The standard InChI is InChI=1S/C13H18O4S/c1-10-6-7-11(9-13(10)17-2)12(14)5-4-8-18(3,15)16/h6-7,9H,4-5,8H2,1-3H3. The number of Topliss-reactive ketones (excluding diaryl/α,β-unsaturated/α-hetero) is 1. The predicted octanol–water partition coefficient (Wildman–Crippen LogP) is 2.01. The van der Waals surface area contributed by atoms with Crippen LogP contribution in [0.5, 0.6) is 5.75 Å². The van der Waals surface area contributed by atoms with Crippen molar-refractivity contribution in [1.29, 1.82) is 0 Å². The molecule has 0 aliphatic rings. The SMILES string of the molecule is COc1cc(C(=O)CCCS(C)(=O)=O)ccc1C. The molecule has 0 fully saturated rings. The lowest BCUT2D eigenvalue weighted by Crippen LogP contribution is -2.07. The molecule has 100 valence electrons. The lowest BCUT2D eigenvalue weighted by molar-refractivity contribution is 0.0981. The highest BCUT2D eigenvalue weighted by Crippen LogP contribution is 2.20. The van der Waals surface area contributed by atoms with Crippen LogP contribution in [0.4, 0.5) is 0 Å². The second kappa shape index (κ2) is 6.00. The van der Waals surface area contributed by atoms with E-state index < -0.39 is 9.84 Å². The van der Waals surface area contributed by atoms with E-state index in [9.17, 15) is 13.2 Å². The molecular formula is C13H18O4S. The van der Waals surface area contributed by atoms with E-state index in [4.69, 9.17) is 4.74 Å².